The van der Waals surface area contributed by atoms with E-state index in [-0.39, 0.29) is 0 Å². The maximum atomic E-state index is 9.87. The monoisotopic (exact) mass is 456 g/mol. The number of piperazine rings is 1. The third kappa shape index (κ3) is 4.25. The van der Waals surface area contributed by atoms with Crippen molar-refractivity contribution in [1.82, 2.24) is 19.8 Å². The number of aromatic nitrogens is 2. The Labute approximate surface area is 198 Å². The van der Waals surface area contributed by atoms with E-state index in [9.17, 15) is 5.26 Å². The highest BCUT2D eigenvalue weighted by atomic mass is 32.1. The van der Waals surface area contributed by atoms with Crippen molar-refractivity contribution in [1.29, 1.82) is 5.26 Å². The summed E-state index contributed by atoms with van der Waals surface area (Å²) in [7, 11) is 2.18. The molecule has 0 spiro atoms. The van der Waals surface area contributed by atoms with Crippen LogP contribution in [0.4, 0.5) is 11.4 Å². The number of thiophene rings is 1. The number of benzene rings is 1. The van der Waals surface area contributed by atoms with Crippen LogP contribution in [0.5, 0.6) is 0 Å². The van der Waals surface area contributed by atoms with E-state index in [1.54, 1.807) is 17.5 Å². The zero-order valence-corrected chi connectivity index (χ0v) is 20.1. The van der Waals surface area contributed by atoms with Crippen LogP contribution in [-0.2, 0) is 6.54 Å². The Bertz CT molecular complexity index is 1340. The lowest BCUT2D eigenvalue weighted by atomic mass is 10.0. The number of nitrogens with zero attached hydrogens (tertiary/aromatic N) is 4. The van der Waals surface area contributed by atoms with Crippen LogP contribution in [0.1, 0.15) is 21.7 Å². The fraction of sp³-hybridized carbons (Fsp3) is 0.308. The van der Waals surface area contributed by atoms with Crippen molar-refractivity contribution in [3.63, 3.8) is 0 Å². The van der Waals surface area contributed by atoms with Gasteiger partial charge in [-0.15, -0.1) is 11.3 Å². The molecule has 4 heterocycles. The predicted octanol–water partition coefficient (Wildman–Crippen LogP) is 5.27. The second-order valence-electron chi connectivity index (χ2n) is 8.77. The number of rotatable bonds is 5. The number of anilines is 2. The van der Waals surface area contributed by atoms with Crippen molar-refractivity contribution in [3.8, 4) is 16.5 Å². The van der Waals surface area contributed by atoms with E-state index in [1.165, 1.54) is 10.3 Å². The lowest BCUT2D eigenvalue weighted by molar-refractivity contribution is 0.149. The first kappa shape index (κ1) is 21.7. The molecule has 1 aliphatic rings. The minimum absolute atomic E-state index is 0.554. The fourth-order valence-electron chi connectivity index (χ4n) is 4.50. The average Bonchev–Trinajstić information content (AvgIpc) is 3.47. The Hall–Kier alpha value is -3.18. The van der Waals surface area contributed by atoms with Gasteiger partial charge in [0, 0.05) is 82.7 Å². The molecule has 0 radical (unpaired) electrons. The Morgan fingerprint density at radius 2 is 1.94 bits per heavy atom. The molecule has 0 saturated carbocycles. The number of aryl methyl sites for hydroxylation is 2. The molecular weight excluding hydrogens is 428 g/mol. The average molecular weight is 457 g/mol. The minimum atomic E-state index is 0.554. The molecule has 3 aromatic heterocycles. The van der Waals surface area contributed by atoms with Gasteiger partial charge in [-0.3, -0.25) is 9.88 Å². The van der Waals surface area contributed by atoms with E-state index in [4.69, 9.17) is 0 Å². The molecule has 5 rings (SSSR count). The lowest BCUT2D eigenvalue weighted by Crippen LogP contribution is -2.43. The summed E-state index contributed by atoms with van der Waals surface area (Å²) < 4.78 is 0. The Balaban J connectivity index is 1.50. The molecule has 1 aliphatic heterocycles. The van der Waals surface area contributed by atoms with Crippen LogP contribution in [0.25, 0.3) is 21.3 Å². The first-order chi connectivity index (χ1) is 16.0. The lowest BCUT2D eigenvalue weighted by Gasteiger charge is -2.31. The molecule has 0 unspecified atom stereocenters. The predicted molar refractivity (Wildman–Crippen MR) is 136 cm³/mol. The minimum Gasteiger partial charge on any atom is -0.361 e. The number of hydrogen-bond donors (Lipinski definition) is 2. The van der Waals surface area contributed by atoms with E-state index < -0.39 is 0 Å². The summed E-state index contributed by atoms with van der Waals surface area (Å²) >= 11 is 1.80. The Morgan fingerprint density at radius 3 is 2.73 bits per heavy atom. The summed E-state index contributed by atoms with van der Waals surface area (Å²) in [6.45, 7) is 9.52. The van der Waals surface area contributed by atoms with Crippen LogP contribution in [-0.4, -0.2) is 53.0 Å². The van der Waals surface area contributed by atoms with Crippen molar-refractivity contribution in [2.24, 2.45) is 0 Å². The number of H-pyrrole nitrogens is 1. The van der Waals surface area contributed by atoms with Crippen LogP contribution >= 0.6 is 11.3 Å². The molecule has 0 bridgehead atoms. The number of fused-ring (bicyclic) bond motifs is 1. The van der Waals surface area contributed by atoms with E-state index in [1.807, 2.05) is 13.1 Å². The second kappa shape index (κ2) is 8.99. The highest BCUT2D eigenvalue weighted by Crippen LogP contribution is 2.40. The molecule has 33 heavy (non-hydrogen) atoms. The molecule has 2 N–H and O–H groups in total. The van der Waals surface area contributed by atoms with E-state index in [0.717, 1.165) is 71.3 Å². The fourth-order valence-corrected chi connectivity index (χ4v) is 5.65. The molecule has 1 fully saturated rings. The summed E-state index contributed by atoms with van der Waals surface area (Å²) in [5.74, 6) is 0. The van der Waals surface area contributed by atoms with E-state index in [2.05, 4.69) is 75.5 Å². The first-order valence-electron chi connectivity index (χ1n) is 11.3. The molecule has 0 atom stereocenters. The second-order valence-corrected chi connectivity index (χ2v) is 9.93. The molecule has 0 aliphatic carbocycles. The van der Waals surface area contributed by atoms with Gasteiger partial charge in [0.1, 0.15) is 6.07 Å². The van der Waals surface area contributed by atoms with Gasteiger partial charge in [0.05, 0.1) is 11.3 Å². The summed E-state index contributed by atoms with van der Waals surface area (Å²) in [6.07, 6.45) is 3.63. The number of aromatic amines is 1. The van der Waals surface area contributed by atoms with Crippen LogP contribution in [0.2, 0.25) is 0 Å². The van der Waals surface area contributed by atoms with Crippen LogP contribution in [0.15, 0.2) is 42.7 Å². The van der Waals surface area contributed by atoms with Crippen molar-refractivity contribution in [2.45, 2.75) is 20.4 Å². The standard InChI is InChI=1S/C26H28N6S/c1-17-21-8-9-28-23(21)6-5-22(17)30-26-19(14-27)15-29-18(2)25(26)24-7-4-20(33-24)16-32-12-10-31(3)11-13-32/h4-9,15,28H,10-13,16H2,1-3H3,(H,29,30). The zero-order valence-electron chi connectivity index (χ0n) is 19.3. The maximum Gasteiger partial charge on any atom is 0.103 e. The number of pyridine rings is 1. The van der Waals surface area contributed by atoms with Gasteiger partial charge < -0.3 is 15.2 Å². The number of likely N-dealkylation sites (N-methyl/N-ethyl adjacent to an activating group) is 1. The zero-order chi connectivity index (χ0) is 22.9. The van der Waals surface area contributed by atoms with Gasteiger partial charge in [-0.05, 0) is 56.8 Å². The largest absolute Gasteiger partial charge is 0.361 e. The Morgan fingerprint density at radius 1 is 1.12 bits per heavy atom. The third-order valence-corrected chi connectivity index (χ3v) is 7.62. The number of nitrogens with one attached hydrogen (secondary N) is 2. The summed E-state index contributed by atoms with van der Waals surface area (Å²) in [5.41, 5.74) is 6.58. The molecular formula is C26H28N6S. The topological polar surface area (TPSA) is 71.0 Å². The Kier molecular flexibility index (Phi) is 5.90. The molecule has 0 amide bonds. The third-order valence-electron chi connectivity index (χ3n) is 6.54. The van der Waals surface area contributed by atoms with Crippen molar-refractivity contribution < 1.29 is 0 Å². The van der Waals surface area contributed by atoms with Gasteiger partial charge in [0.15, 0.2) is 0 Å². The van der Waals surface area contributed by atoms with Crippen molar-refractivity contribution in [2.75, 3.05) is 38.5 Å². The van der Waals surface area contributed by atoms with E-state index in [0.29, 0.717) is 5.56 Å². The van der Waals surface area contributed by atoms with Crippen molar-refractivity contribution >= 4 is 33.6 Å². The summed E-state index contributed by atoms with van der Waals surface area (Å²) in [4.78, 5) is 15.2. The molecule has 1 saturated heterocycles. The van der Waals surface area contributed by atoms with Gasteiger partial charge >= 0.3 is 0 Å². The normalized spacial score (nSPS) is 15.1. The van der Waals surface area contributed by atoms with Crippen LogP contribution in [0, 0.1) is 25.2 Å². The van der Waals surface area contributed by atoms with Gasteiger partial charge in [-0.25, -0.2) is 0 Å². The van der Waals surface area contributed by atoms with Crippen LogP contribution < -0.4 is 5.32 Å². The molecule has 1 aromatic carbocycles. The summed E-state index contributed by atoms with van der Waals surface area (Å²) in [6, 6.07) is 13.0. The summed E-state index contributed by atoms with van der Waals surface area (Å²) in [5, 5.41) is 14.6. The van der Waals surface area contributed by atoms with E-state index >= 15 is 0 Å². The smallest absolute Gasteiger partial charge is 0.103 e. The van der Waals surface area contributed by atoms with Crippen molar-refractivity contribution in [3.05, 3.63) is 64.4 Å². The molecule has 6 nitrogen and oxygen atoms in total. The van der Waals surface area contributed by atoms with Gasteiger partial charge in [-0.2, -0.15) is 5.26 Å². The highest BCUT2D eigenvalue weighted by molar-refractivity contribution is 7.15. The van der Waals surface area contributed by atoms with Gasteiger partial charge in [0.2, 0.25) is 0 Å². The molecule has 7 heteroatoms. The van der Waals surface area contributed by atoms with Crippen LogP contribution in [0.3, 0.4) is 0 Å². The van der Waals surface area contributed by atoms with Gasteiger partial charge in [-0.1, -0.05) is 0 Å². The molecule has 4 aromatic rings. The highest BCUT2D eigenvalue weighted by Gasteiger charge is 2.19. The maximum absolute atomic E-state index is 9.87. The molecule has 168 valence electrons. The quantitative estimate of drug-likeness (QED) is 0.428. The number of hydrogen-bond acceptors (Lipinski definition) is 6. The SMILES string of the molecule is Cc1ncc(C#N)c(Nc2ccc3[nH]ccc3c2C)c1-c1ccc(CN2CCN(C)CC2)s1. The number of nitriles is 1. The van der Waals surface area contributed by atoms with Gasteiger partial charge in [0.25, 0.3) is 0 Å². The first-order valence-corrected chi connectivity index (χ1v) is 12.1.